The van der Waals surface area contributed by atoms with E-state index in [1.165, 1.54) is 36.0 Å². The molecule has 1 saturated heterocycles. The largest absolute Gasteiger partial charge is 0.381 e. The van der Waals surface area contributed by atoms with E-state index in [-0.39, 0.29) is 46.0 Å². The molecule has 0 amide bonds. The van der Waals surface area contributed by atoms with Gasteiger partial charge >= 0.3 is 0 Å². The first-order chi connectivity index (χ1) is 21.7. The minimum absolute atomic E-state index is 0.0136. The van der Waals surface area contributed by atoms with Crippen LogP contribution in [0.15, 0.2) is 64.4 Å². The molecule has 11 nitrogen and oxygen atoms in total. The number of hydrogen-bond acceptors (Lipinski definition) is 9. The highest BCUT2D eigenvalue weighted by atomic mass is 32.2. The number of aromatic nitrogens is 3. The Kier molecular flexibility index (Phi) is 9.82. The average Bonchev–Trinajstić information content (AvgIpc) is 3.01. The fourth-order valence-electron chi connectivity index (χ4n) is 5.22. The molecule has 3 heterocycles. The lowest BCUT2D eigenvalue weighted by atomic mass is 10.1. The van der Waals surface area contributed by atoms with E-state index in [0.29, 0.717) is 11.4 Å². The van der Waals surface area contributed by atoms with Crippen LogP contribution >= 0.6 is 0 Å². The molecule has 0 saturated carbocycles. The van der Waals surface area contributed by atoms with Crippen molar-refractivity contribution in [3.8, 4) is 11.1 Å². The Labute approximate surface area is 269 Å². The fraction of sp³-hybridized carbons (Fsp3) is 0.375. The standard InChI is InChI=1S/C32H40FN7O4S2/c1-21(2)45(4,42)26-12-13-27(29(33)18-26)28-17-22-19-35-32(38-30(22)40(31(28)41)16-15-39(3)46(5,43)44)37-24-10-8-23(9-11-24)36-25-7-6-14-34-20-25/h8-13,17-19,21,25,34,36H,4,6-7,14-16,20H2,1-3,5H3,(H,35,37,38). The van der Waals surface area contributed by atoms with Crippen molar-refractivity contribution in [3.63, 3.8) is 0 Å². The lowest BCUT2D eigenvalue weighted by Gasteiger charge is -2.24. The van der Waals surface area contributed by atoms with Crippen molar-refractivity contribution in [3.05, 3.63) is 70.9 Å². The van der Waals surface area contributed by atoms with Gasteiger partial charge in [-0.1, -0.05) is 19.9 Å². The number of piperidine rings is 1. The lowest BCUT2D eigenvalue weighted by molar-refractivity contribution is 0.449. The zero-order chi connectivity index (χ0) is 33.2. The number of anilines is 3. The number of sulfonamides is 1. The van der Waals surface area contributed by atoms with Gasteiger partial charge in [0.15, 0.2) is 0 Å². The Morgan fingerprint density at radius 3 is 2.46 bits per heavy atom. The number of fused-ring (bicyclic) bond motifs is 1. The zero-order valence-corrected chi connectivity index (χ0v) is 28.0. The summed E-state index contributed by atoms with van der Waals surface area (Å²) in [6, 6.07) is 13.7. The molecule has 0 radical (unpaired) electrons. The molecule has 246 valence electrons. The summed E-state index contributed by atoms with van der Waals surface area (Å²) in [5, 5.41) is 10.2. The number of rotatable bonds is 11. The molecule has 0 spiro atoms. The topological polar surface area (TPSA) is 138 Å². The van der Waals surface area contributed by atoms with Crippen LogP contribution < -0.4 is 21.5 Å². The smallest absolute Gasteiger partial charge is 0.260 e. The quantitative estimate of drug-likeness (QED) is 0.203. The summed E-state index contributed by atoms with van der Waals surface area (Å²) < 4.78 is 55.3. The molecule has 14 heteroatoms. The zero-order valence-electron chi connectivity index (χ0n) is 26.4. The summed E-state index contributed by atoms with van der Waals surface area (Å²) in [6.45, 7) is 5.40. The second kappa shape index (κ2) is 13.5. The molecule has 1 aliphatic rings. The molecule has 1 fully saturated rings. The highest BCUT2D eigenvalue weighted by molar-refractivity contribution is 8.00. The van der Waals surface area contributed by atoms with Crippen LogP contribution in [-0.2, 0) is 26.1 Å². The Morgan fingerprint density at radius 2 is 1.83 bits per heavy atom. The number of benzene rings is 2. The van der Waals surface area contributed by atoms with Crippen molar-refractivity contribution in [2.75, 3.05) is 43.6 Å². The van der Waals surface area contributed by atoms with Crippen LogP contribution in [-0.4, -0.2) is 81.6 Å². The molecule has 3 N–H and O–H groups in total. The van der Waals surface area contributed by atoms with Crippen molar-refractivity contribution >= 4 is 53.8 Å². The van der Waals surface area contributed by atoms with Crippen LogP contribution in [0.5, 0.6) is 0 Å². The lowest BCUT2D eigenvalue weighted by Crippen LogP contribution is -2.38. The number of nitrogens with zero attached hydrogens (tertiary/aromatic N) is 4. The van der Waals surface area contributed by atoms with Crippen LogP contribution in [0.1, 0.15) is 26.7 Å². The first kappa shape index (κ1) is 33.5. The molecule has 0 bridgehead atoms. The third-order valence-corrected chi connectivity index (χ3v) is 12.1. The van der Waals surface area contributed by atoms with Crippen molar-refractivity contribution in [2.24, 2.45) is 0 Å². The Hall–Kier alpha value is -3.85. The van der Waals surface area contributed by atoms with Gasteiger partial charge in [-0.25, -0.2) is 22.1 Å². The summed E-state index contributed by atoms with van der Waals surface area (Å²) in [6.07, 6.45) is 4.85. The fourth-order valence-corrected chi connectivity index (χ4v) is 6.78. The van der Waals surface area contributed by atoms with E-state index in [4.69, 9.17) is 0 Å². The molecule has 2 atom stereocenters. The maximum Gasteiger partial charge on any atom is 0.260 e. The van der Waals surface area contributed by atoms with Crippen LogP contribution in [0.4, 0.5) is 21.7 Å². The molecule has 1 aliphatic heterocycles. The number of halogens is 1. The van der Waals surface area contributed by atoms with Crippen LogP contribution in [0.2, 0.25) is 0 Å². The van der Waals surface area contributed by atoms with E-state index in [0.717, 1.165) is 53.9 Å². The molecule has 5 rings (SSSR count). The van der Waals surface area contributed by atoms with Gasteiger partial charge in [0.1, 0.15) is 11.5 Å². The van der Waals surface area contributed by atoms with Gasteiger partial charge in [0.25, 0.3) is 5.56 Å². The van der Waals surface area contributed by atoms with Gasteiger partial charge in [-0.05, 0) is 77.2 Å². The number of pyridine rings is 1. The minimum atomic E-state index is -3.52. The number of likely N-dealkylation sites (N-methyl/N-ethyl adjacent to an activating group) is 1. The van der Waals surface area contributed by atoms with Crippen LogP contribution in [0.25, 0.3) is 22.2 Å². The summed E-state index contributed by atoms with van der Waals surface area (Å²) in [5.41, 5.74) is 1.49. The van der Waals surface area contributed by atoms with Gasteiger partial charge < -0.3 is 16.0 Å². The predicted molar refractivity (Wildman–Crippen MR) is 185 cm³/mol. The molecule has 2 unspecified atom stereocenters. The average molecular weight is 670 g/mol. The van der Waals surface area contributed by atoms with Gasteiger partial charge in [-0.3, -0.25) is 13.6 Å². The minimum Gasteiger partial charge on any atom is -0.381 e. The summed E-state index contributed by atoms with van der Waals surface area (Å²) in [4.78, 5) is 23.2. The van der Waals surface area contributed by atoms with Gasteiger partial charge in [0.2, 0.25) is 16.0 Å². The van der Waals surface area contributed by atoms with E-state index in [1.807, 2.05) is 24.3 Å². The van der Waals surface area contributed by atoms with E-state index >= 15 is 4.39 Å². The second-order valence-electron chi connectivity index (χ2n) is 11.9. The molecule has 46 heavy (non-hydrogen) atoms. The van der Waals surface area contributed by atoms with E-state index in [2.05, 4.69) is 31.8 Å². The van der Waals surface area contributed by atoms with Gasteiger partial charge in [0, 0.05) is 71.4 Å². The van der Waals surface area contributed by atoms with E-state index in [1.54, 1.807) is 13.8 Å². The Bertz CT molecular complexity index is 2010. The summed E-state index contributed by atoms with van der Waals surface area (Å²) in [7, 11) is -4.85. The van der Waals surface area contributed by atoms with Gasteiger partial charge in [-0.2, -0.15) is 4.98 Å². The third kappa shape index (κ3) is 7.41. The Morgan fingerprint density at radius 1 is 1.11 bits per heavy atom. The molecule has 4 aromatic rings. The van der Waals surface area contributed by atoms with Crippen molar-refractivity contribution in [1.82, 2.24) is 24.2 Å². The maximum absolute atomic E-state index is 15.5. The molecule has 0 aliphatic carbocycles. The normalized spacial score (nSPS) is 16.9. The van der Waals surface area contributed by atoms with E-state index in [9.17, 15) is 17.4 Å². The molecular weight excluding hydrogens is 630 g/mol. The van der Waals surface area contributed by atoms with Crippen molar-refractivity contribution in [2.45, 2.75) is 49.4 Å². The van der Waals surface area contributed by atoms with Crippen molar-refractivity contribution in [1.29, 1.82) is 0 Å². The second-order valence-corrected chi connectivity index (χ2v) is 16.8. The van der Waals surface area contributed by atoms with Crippen LogP contribution in [0.3, 0.4) is 0 Å². The van der Waals surface area contributed by atoms with Gasteiger partial charge in [0.05, 0.1) is 11.8 Å². The highest BCUT2D eigenvalue weighted by Gasteiger charge is 2.21. The number of nitrogens with one attached hydrogen (secondary N) is 3. The number of hydrogen-bond donors (Lipinski definition) is 3. The summed E-state index contributed by atoms with van der Waals surface area (Å²) >= 11 is 0. The predicted octanol–water partition coefficient (Wildman–Crippen LogP) is 3.88. The first-order valence-corrected chi connectivity index (χ1v) is 18.7. The van der Waals surface area contributed by atoms with Crippen molar-refractivity contribution < 1.29 is 17.0 Å². The first-order valence-electron chi connectivity index (χ1n) is 15.1. The third-order valence-electron chi connectivity index (χ3n) is 8.23. The van der Waals surface area contributed by atoms with Crippen LogP contribution in [0, 0.1) is 5.82 Å². The molecule has 2 aromatic carbocycles. The Balaban J connectivity index is 1.50. The van der Waals surface area contributed by atoms with Gasteiger partial charge in [-0.15, -0.1) is 0 Å². The molecule has 2 aromatic heterocycles. The summed E-state index contributed by atoms with van der Waals surface area (Å²) in [5.74, 6) is 3.31. The monoisotopic (exact) mass is 669 g/mol. The van der Waals surface area contributed by atoms with E-state index < -0.39 is 30.9 Å². The molecular formula is C32H40FN7O4S2. The highest BCUT2D eigenvalue weighted by Crippen LogP contribution is 2.27. The SMILES string of the molecule is C=S(=O)(c1ccc(-c2cc3cnc(Nc4ccc(NC5CCCNC5)cc4)nc3n(CCN(C)S(C)(=O)=O)c2=O)c(F)c1)C(C)C. The maximum atomic E-state index is 15.5.